The number of carbonyl (C=O) groups is 2. The van der Waals surface area contributed by atoms with Gasteiger partial charge < -0.3 is 24.6 Å². The highest BCUT2D eigenvalue weighted by Gasteiger charge is 2.30. The lowest BCUT2D eigenvalue weighted by atomic mass is 10.2. The van der Waals surface area contributed by atoms with Crippen molar-refractivity contribution in [2.24, 2.45) is 0 Å². The van der Waals surface area contributed by atoms with Crippen molar-refractivity contribution in [3.05, 3.63) is 30.1 Å². The maximum Gasteiger partial charge on any atom is 0.260 e. The molecule has 1 atom stereocenters. The number of carbonyl (C=O) groups excluding carboxylic acids is 2. The third-order valence-corrected chi connectivity index (χ3v) is 4.32. The first-order valence-electron chi connectivity index (χ1n) is 8.41. The summed E-state index contributed by atoms with van der Waals surface area (Å²) in [5.74, 6) is -0.0732. The van der Waals surface area contributed by atoms with Gasteiger partial charge in [0, 0.05) is 39.3 Å². The van der Waals surface area contributed by atoms with Gasteiger partial charge in [-0.05, 0) is 24.3 Å². The molecular weight excluding hydrogens is 329 g/mol. The quantitative estimate of drug-likeness (QED) is 0.818. The van der Waals surface area contributed by atoms with Gasteiger partial charge in [0.25, 0.3) is 11.8 Å². The summed E-state index contributed by atoms with van der Waals surface area (Å²) in [5.41, 5.74) is 0. The summed E-state index contributed by atoms with van der Waals surface area (Å²) in [6.45, 7) is 3.64. The predicted octanol–water partition coefficient (Wildman–Crippen LogP) is -0.136. The maximum absolute atomic E-state index is 12.8. The van der Waals surface area contributed by atoms with Crippen LogP contribution in [0.25, 0.3) is 0 Å². The molecule has 8 heteroatoms. The molecule has 2 heterocycles. The number of morpholine rings is 1. The molecule has 0 aromatic heterocycles. The van der Waals surface area contributed by atoms with E-state index in [1.54, 1.807) is 9.80 Å². The van der Waals surface area contributed by atoms with Crippen LogP contribution in [-0.4, -0.2) is 80.2 Å². The van der Waals surface area contributed by atoms with Crippen LogP contribution in [0.3, 0.4) is 0 Å². The summed E-state index contributed by atoms with van der Waals surface area (Å²) in [4.78, 5) is 28.0. The molecule has 2 aliphatic heterocycles. The number of hydrogen-bond donors (Lipinski definition) is 1. The Morgan fingerprint density at radius 3 is 2.48 bits per heavy atom. The second kappa shape index (κ2) is 8.26. The molecule has 1 aromatic carbocycles. The van der Waals surface area contributed by atoms with Crippen molar-refractivity contribution in [1.29, 1.82) is 0 Å². The van der Waals surface area contributed by atoms with Gasteiger partial charge in [-0.15, -0.1) is 0 Å². The molecule has 0 radical (unpaired) electrons. The second-order valence-electron chi connectivity index (χ2n) is 6.01. The molecule has 1 unspecified atom stereocenters. The highest BCUT2D eigenvalue weighted by Crippen LogP contribution is 2.12. The highest BCUT2D eigenvalue weighted by molar-refractivity contribution is 5.82. The molecule has 2 saturated heterocycles. The number of benzene rings is 1. The van der Waals surface area contributed by atoms with E-state index in [1.807, 2.05) is 0 Å². The Hall–Kier alpha value is -2.19. The average molecular weight is 351 g/mol. The molecule has 136 valence electrons. The zero-order chi connectivity index (χ0) is 17.6. The van der Waals surface area contributed by atoms with Gasteiger partial charge in [0.2, 0.25) is 0 Å². The number of halogens is 1. The fourth-order valence-corrected chi connectivity index (χ4v) is 2.87. The Morgan fingerprint density at radius 1 is 1.16 bits per heavy atom. The second-order valence-corrected chi connectivity index (χ2v) is 6.01. The molecule has 0 spiro atoms. The lowest BCUT2D eigenvalue weighted by molar-refractivity contribution is -0.149. The van der Waals surface area contributed by atoms with Crippen LogP contribution >= 0.6 is 0 Å². The van der Waals surface area contributed by atoms with Crippen LogP contribution in [0.15, 0.2) is 24.3 Å². The molecule has 0 bridgehead atoms. The van der Waals surface area contributed by atoms with Crippen molar-refractivity contribution in [3.63, 3.8) is 0 Å². The SMILES string of the molecule is O=C(COc1ccc(F)cc1)N1CCN(C(=O)C2CNCCO2)CC1. The van der Waals surface area contributed by atoms with Gasteiger partial charge in [-0.2, -0.15) is 0 Å². The minimum atomic E-state index is -0.433. The van der Waals surface area contributed by atoms with Gasteiger partial charge in [-0.3, -0.25) is 9.59 Å². The number of piperazine rings is 1. The van der Waals surface area contributed by atoms with E-state index in [9.17, 15) is 14.0 Å². The average Bonchev–Trinajstić information content (AvgIpc) is 2.67. The van der Waals surface area contributed by atoms with E-state index in [1.165, 1.54) is 24.3 Å². The number of nitrogens with zero attached hydrogens (tertiary/aromatic N) is 2. The molecule has 2 amide bonds. The van der Waals surface area contributed by atoms with Crippen LogP contribution < -0.4 is 10.1 Å². The first kappa shape index (κ1) is 17.6. The monoisotopic (exact) mass is 351 g/mol. The van der Waals surface area contributed by atoms with Crippen LogP contribution in [0.1, 0.15) is 0 Å². The summed E-state index contributed by atoms with van der Waals surface area (Å²) in [6.07, 6.45) is -0.433. The van der Waals surface area contributed by atoms with Crippen LogP contribution in [0.2, 0.25) is 0 Å². The van der Waals surface area contributed by atoms with E-state index in [-0.39, 0.29) is 24.2 Å². The third-order valence-electron chi connectivity index (χ3n) is 4.32. The number of rotatable bonds is 4. The van der Waals surface area contributed by atoms with E-state index >= 15 is 0 Å². The minimum absolute atomic E-state index is 0.0261. The maximum atomic E-state index is 12.8. The van der Waals surface area contributed by atoms with Crippen molar-refractivity contribution in [2.75, 3.05) is 52.5 Å². The van der Waals surface area contributed by atoms with E-state index < -0.39 is 6.10 Å². The molecule has 7 nitrogen and oxygen atoms in total. The lowest BCUT2D eigenvalue weighted by Crippen LogP contribution is -2.56. The van der Waals surface area contributed by atoms with Crippen LogP contribution in [0.5, 0.6) is 5.75 Å². The Labute approximate surface area is 145 Å². The van der Waals surface area contributed by atoms with Crippen LogP contribution in [-0.2, 0) is 14.3 Å². The summed E-state index contributed by atoms with van der Waals surface area (Å²) in [5, 5.41) is 3.14. The molecule has 0 saturated carbocycles. The van der Waals surface area contributed by atoms with Crippen molar-refractivity contribution in [1.82, 2.24) is 15.1 Å². The lowest BCUT2D eigenvalue weighted by Gasteiger charge is -2.37. The van der Waals surface area contributed by atoms with Gasteiger partial charge in [-0.25, -0.2) is 4.39 Å². The fraction of sp³-hybridized carbons (Fsp3) is 0.529. The topological polar surface area (TPSA) is 71.1 Å². The molecule has 0 aliphatic carbocycles. The molecule has 1 N–H and O–H groups in total. The Kier molecular flexibility index (Phi) is 5.83. The predicted molar refractivity (Wildman–Crippen MR) is 87.7 cm³/mol. The zero-order valence-corrected chi connectivity index (χ0v) is 13.9. The number of hydrogen-bond acceptors (Lipinski definition) is 5. The van der Waals surface area contributed by atoms with Crippen LogP contribution in [0.4, 0.5) is 4.39 Å². The van der Waals surface area contributed by atoms with E-state index in [0.29, 0.717) is 45.1 Å². The first-order valence-corrected chi connectivity index (χ1v) is 8.41. The normalized spacial score (nSPS) is 21.1. The Bertz CT molecular complexity index is 596. The smallest absolute Gasteiger partial charge is 0.260 e. The van der Waals surface area contributed by atoms with Crippen molar-refractivity contribution < 1.29 is 23.5 Å². The molecular formula is C17H22FN3O4. The van der Waals surface area contributed by atoms with Gasteiger partial charge >= 0.3 is 0 Å². The van der Waals surface area contributed by atoms with Crippen molar-refractivity contribution in [3.8, 4) is 5.75 Å². The molecule has 2 aliphatic rings. The van der Waals surface area contributed by atoms with Crippen molar-refractivity contribution in [2.45, 2.75) is 6.10 Å². The molecule has 25 heavy (non-hydrogen) atoms. The van der Waals surface area contributed by atoms with E-state index in [4.69, 9.17) is 9.47 Å². The van der Waals surface area contributed by atoms with Gasteiger partial charge in [0.15, 0.2) is 6.61 Å². The van der Waals surface area contributed by atoms with Gasteiger partial charge in [0.1, 0.15) is 17.7 Å². The number of ether oxygens (including phenoxy) is 2. The van der Waals surface area contributed by atoms with Crippen molar-refractivity contribution >= 4 is 11.8 Å². The standard InChI is InChI=1S/C17H22FN3O4/c18-13-1-3-14(4-2-13)25-12-16(22)20-6-8-21(9-7-20)17(23)15-11-19-5-10-24-15/h1-4,15,19H,5-12H2. The summed E-state index contributed by atoms with van der Waals surface area (Å²) >= 11 is 0. The third kappa shape index (κ3) is 4.67. The zero-order valence-electron chi connectivity index (χ0n) is 13.9. The van der Waals surface area contributed by atoms with E-state index in [2.05, 4.69) is 5.32 Å². The molecule has 2 fully saturated rings. The molecule has 3 rings (SSSR count). The molecule has 1 aromatic rings. The van der Waals surface area contributed by atoms with Gasteiger partial charge in [0.05, 0.1) is 6.61 Å². The number of amides is 2. The summed E-state index contributed by atoms with van der Waals surface area (Å²) in [6, 6.07) is 5.54. The Morgan fingerprint density at radius 2 is 1.84 bits per heavy atom. The summed E-state index contributed by atoms with van der Waals surface area (Å²) in [7, 11) is 0. The summed E-state index contributed by atoms with van der Waals surface area (Å²) < 4.78 is 23.7. The fourth-order valence-electron chi connectivity index (χ4n) is 2.87. The van der Waals surface area contributed by atoms with Gasteiger partial charge in [-0.1, -0.05) is 0 Å². The largest absolute Gasteiger partial charge is 0.484 e. The minimum Gasteiger partial charge on any atom is -0.484 e. The van der Waals surface area contributed by atoms with Crippen LogP contribution in [0, 0.1) is 5.82 Å². The van der Waals surface area contributed by atoms with E-state index in [0.717, 1.165) is 6.54 Å². The highest BCUT2D eigenvalue weighted by atomic mass is 19.1. The number of nitrogens with one attached hydrogen (secondary N) is 1. The Balaban J connectivity index is 1.42. The first-order chi connectivity index (χ1) is 12.1.